The van der Waals surface area contributed by atoms with Crippen molar-refractivity contribution < 1.29 is 9.59 Å². The van der Waals surface area contributed by atoms with E-state index in [1.54, 1.807) is 0 Å². The van der Waals surface area contributed by atoms with Crippen LogP contribution in [-0.2, 0) is 9.59 Å². The zero-order valence-corrected chi connectivity index (χ0v) is 12.4. The summed E-state index contributed by atoms with van der Waals surface area (Å²) < 4.78 is 0. The van der Waals surface area contributed by atoms with Gasteiger partial charge in [0.05, 0.1) is 5.41 Å². The second kappa shape index (κ2) is 5.35. The zero-order chi connectivity index (χ0) is 14.2. The van der Waals surface area contributed by atoms with Crippen molar-refractivity contribution in [1.29, 1.82) is 0 Å². The maximum Gasteiger partial charge on any atom is 0.230 e. The SMILES string of the molecule is C[C@@]1(C(=O)N2CCN3CCCC[C@H]3C2)CCC(=O)NC1. The molecule has 3 aliphatic heterocycles. The van der Waals surface area contributed by atoms with E-state index in [2.05, 4.69) is 10.2 Å². The van der Waals surface area contributed by atoms with Crippen molar-refractivity contribution in [2.45, 2.75) is 45.1 Å². The predicted octanol–water partition coefficient (Wildman–Crippen LogP) is 0.599. The molecule has 0 aliphatic carbocycles. The Morgan fingerprint density at radius 1 is 1.30 bits per heavy atom. The van der Waals surface area contributed by atoms with Crippen molar-refractivity contribution >= 4 is 11.8 Å². The normalized spacial score (nSPS) is 35.4. The van der Waals surface area contributed by atoms with E-state index in [0.29, 0.717) is 25.4 Å². The summed E-state index contributed by atoms with van der Waals surface area (Å²) >= 11 is 0. The van der Waals surface area contributed by atoms with Gasteiger partial charge >= 0.3 is 0 Å². The van der Waals surface area contributed by atoms with Crippen LogP contribution in [0.1, 0.15) is 39.0 Å². The lowest BCUT2D eigenvalue weighted by Gasteiger charge is -2.46. The van der Waals surface area contributed by atoms with Gasteiger partial charge in [0, 0.05) is 38.6 Å². The molecule has 3 saturated heterocycles. The second-order valence-corrected chi connectivity index (χ2v) is 6.77. The lowest BCUT2D eigenvalue weighted by molar-refractivity contribution is -0.147. The summed E-state index contributed by atoms with van der Waals surface area (Å²) in [5, 5.41) is 2.85. The molecule has 5 heteroatoms. The van der Waals surface area contributed by atoms with Crippen molar-refractivity contribution in [3.63, 3.8) is 0 Å². The highest BCUT2D eigenvalue weighted by molar-refractivity contribution is 5.86. The summed E-state index contributed by atoms with van der Waals surface area (Å²) in [6.45, 7) is 6.43. The Hall–Kier alpha value is -1.10. The number of fused-ring (bicyclic) bond motifs is 1. The lowest BCUT2D eigenvalue weighted by atomic mass is 9.80. The first-order valence-electron chi connectivity index (χ1n) is 7.89. The fourth-order valence-corrected chi connectivity index (χ4v) is 3.76. The predicted molar refractivity (Wildman–Crippen MR) is 76.1 cm³/mol. The Morgan fingerprint density at radius 2 is 2.15 bits per heavy atom. The average Bonchev–Trinajstić information content (AvgIpc) is 2.49. The van der Waals surface area contributed by atoms with Crippen LogP contribution in [0.25, 0.3) is 0 Å². The van der Waals surface area contributed by atoms with Crippen molar-refractivity contribution in [1.82, 2.24) is 15.1 Å². The maximum atomic E-state index is 12.8. The van der Waals surface area contributed by atoms with Gasteiger partial charge in [-0.25, -0.2) is 0 Å². The minimum atomic E-state index is -0.398. The van der Waals surface area contributed by atoms with Gasteiger partial charge in [-0.05, 0) is 32.7 Å². The Morgan fingerprint density at radius 3 is 2.90 bits per heavy atom. The van der Waals surface area contributed by atoms with Crippen LogP contribution in [0.5, 0.6) is 0 Å². The molecule has 3 aliphatic rings. The van der Waals surface area contributed by atoms with Gasteiger partial charge in [0.25, 0.3) is 0 Å². The quantitative estimate of drug-likeness (QED) is 0.765. The van der Waals surface area contributed by atoms with E-state index in [0.717, 1.165) is 19.6 Å². The molecule has 2 amide bonds. The first kappa shape index (κ1) is 13.9. The Bertz CT molecular complexity index is 400. The highest BCUT2D eigenvalue weighted by atomic mass is 16.2. The molecule has 0 aromatic rings. The molecule has 20 heavy (non-hydrogen) atoms. The molecule has 0 saturated carbocycles. The van der Waals surface area contributed by atoms with E-state index in [1.807, 2.05) is 11.8 Å². The molecule has 112 valence electrons. The summed E-state index contributed by atoms with van der Waals surface area (Å²) in [6.07, 6.45) is 4.97. The van der Waals surface area contributed by atoms with E-state index in [1.165, 1.54) is 25.8 Å². The molecular formula is C15H25N3O2. The van der Waals surface area contributed by atoms with Crippen LogP contribution >= 0.6 is 0 Å². The number of carbonyl (C=O) groups is 2. The number of hydrogen-bond donors (Lipinski definition) is 1. The number of piperazine rings is 1. The molecule has 0 aromatic heterocycles. The largest absolute Gasteiger partial charge is 0.355 e. The molecule has 3 fully saturated rings. The standard InChI is InChI=1S/C15H25N3O2/c1-15(6-5-13(19)16-11-15)14(20)18-9-8-17-7-3-2-4-12(17)10-18/h12H,2-11H2,1H3,(H,16,19)/t12-,15+/m0/s1. The minimum absolute atomic E-state index is 0.0763. The monoisotopic (exact) mass is 279 g/mol. The van der Waals surface area contributed by atoms with E-state index >= 15 is 0 Å². The van der Waals surface area contributed by atoms with E-state index in [4.69, 9.17) is 0 Å². The number of piperidine rings is 2. The summed E-state index contributed by atoms with van der Waals surface area (Å²) in [6, 6.07) is 0.559. The molecule has 2 atom stereocenters. The van der Waals surface area contributed by atoms with Crippen LogP contribution in [0, 0.1) is 5.41 Å². The topological polar surface area (TPSA) is 52.7 Å². The van der Waals surface area contributed by atoms with E-state index in [-0.39, 0.29) is 11.8 Å². The fourth-order valence-electron chi connectivity index (χ4n) is 3.76. The third kappa shape index (κ3) is 2.55. The third-order valence-electron chi connectivity index (χ3n) is 5.22. The average molecular weight is 279 g/mol. The minimum Gasteiger partial charge on any atom is -0.355 e. The fraction of sp³-hybridized carbons (Fsp3) is 0.867. The Labute approximate surface area is 120 Å². The summed E-state index contributed by atoms with van der Waals surface area (Å²) in [5.74, 6) is 0.315. The molecule has 5 nitrogen and oxygen atoms in total. The van der Waals surface area contributed by atoms with Crippen LogP contribution in [-0.4, -0.2) is 60.4 Å². The molecule has 3 heterocycles. The smallest absolute Gasteiger partial charge is 0.230 e. The number of nitrogens with zero attached hydrogens (tertiary/aromatic N) is 2. The highest BCUT2D eigenvalue weighted by Gasteiger charge is 2.42. The second-order valence-electron chi connectivity index (χ2n) is 6.77. The maximum absolute atomic E-state index is 12.8. The zero-order valence-electron chi connectivity index (χ0n) is 12.4. The number of nitrogens with one attached hydrogen (secondary N) is 1. The van der Waals surface area contributed by atoms with Crippen molar-refractivity contribution in [3.8, 4) is 0 Å². The van der Waals surface area contributed by atoms with Crippen molar-refractivity contribution in [3.05, 3.63) is 0 Å². The number of hydrogen-bond acceptors (Lipinski definition) is 3. The van der Waals surface area contributed by atoms with Crippen LogP contribution in [0.3, 0.4) is 0 Å². The molecule has 0 bridgehead atoms. The van der Waals surface area contributed by atoms with Gasteiger partial charge in [-0.15, -0.1) is 0 Å². The number of carbonyl (C=O) groups excluding carboxylic acids is 2. The third-order valence-corrected chi connectivity index (χ3v) is 5.22. The molecule has 0 unspecified atom stereocenters. The van der Waals surface area contributed by atoms with Crippen LogP contribution in [0.2, 0.25) is 0 Å². The lowest BCUT2D eigenvalue weighted by Crippen LogP contribution is -2.60. The van der Waals surface area contributed by atoms with Gasteiger partial charge in [-0.2, -0.15) is 0 Å². The first-order chi connectivity index (χ1) is 9.58. The summed E-state index contributed by atoms with van der Waals surface area (Å²) in [7, 11) is 0. The highest BCUT2D eigenvalue weighted by Crippen LogP contribution is 2.30. The molecular weight excluding hydrogens is 254 g/mol. The molecule has 0 radical (unpaired) electrons. The number of rotatable bonds is 1. The molecule has 0 spiro atoms. The van der Waals surface area contributed by atoms with E-state index < -0.39 is 5.41 Å². The summed E-state index contributed by atoms with van der Waals surface area (Å²) in [5.41, 5.74) is -0.398. The molecule has 1 N–H and O–H groups in total. The van der Waals surface area contributed by atoms with Gasteiger partial charge in [-0.3, -0.25) is 14.5 Å². The van der Waals surface area contributed by atoms with Crippen LogP contribution in [0.4, 0.5) is 0 Å². The molecule has 3 rings (SSSR count). The van der Waals surface area contributed by atoms with Crippen LogP contribution < -0.4 is 5.32 Å². The van der Waals surface area contributed by atoms with Gasteiger partial charge in [0.1, 0.15) is 0 Å². The van der Waals surface area contributed by atoms with Gasteiger partial charge in [-0.1, -0.05) is 6.42 Å². The van der Waals surface area contributed by atoms with Crippen molar-refractivity contribution in [2.24, 2.45) is 5.41 Å². The van der Waals surface area contributed by atoms with Crippen LogP contribution in [0.15, 0.2) is 0 Å². The van der Waals surface area contributed by atoms with Gasteiger partial charge < -0.3 is 10.2 Å². The van der Waals surface area contributed by atoms with E-state index in [9.17, 15) is 9.59 Å². The number of amides is 2. The summed E-state index contributed by atoms with van der Waals surface area (Å²) in [4.78, 5) is 28.7. The molecule has 0 aromatic carbocycles. The van der Waals surface area contributed by atoms with Gasteiger partial charge in [0.15, 0.2) is 0 Å². The van der Waals surface area contributed by atoms with Crippen molar-refractivity contribution in [2.75, 3.05) is 32.7 Å². The first-order valence-corrected chi connectivity index (χ1v) is 7.89. The Kier molecular flexibility index (Phi) is 3.71. The Balaban J connectivity index is 1.64. The van der Waals surface area contributed by atoms with Gasteiger partial charge in [0.2, 0.25) is 11.8 Å².